The summed E-state index contributed by atoms with van der Waals surface area (Å²) in [7, 11) is 2.03. The van der Waals surface area contributed by atoms with Gasteiger partial charge in [-0.15, -0.1) is 0 Å². The van der Waals surface area contributed by atoms with E-state index in [1.54, 1.807) is 0 Å². The zero-order valence-corrected chi connectivity index (χ0v) is 10.7. The van der Waals surface area contributed by atoms with Gasteiger partial charge >= 0.3 is 12.0 Å². The van der Waals surface area contributed by atoms with E-state index >= 15 is 0 Å². The average molecular weight is 259 g/mol. The first-order chi connectivity index (χ1) is 8.43. The molecule has 0 aromatic carbocycles. The second-order valence-electron chi connectivity index (χ2n) is 4.83. The van der Waals surface area contributed by atoms with E-state index in [0.29, 0.717) is 5.92 Å². The van der Waals surface area contributed by atoms with Crippen LogP contribution in [0.5, 0.6) is 0 Å². The highest BCUT2D eigenvalue weighted by atomic mass is 16.4. The Bertz CT molecular complexity index is 311. The third-order valence-electron chi connectivity index (χ3n) is 3.21. The van der Waals surface area contributed by atoms with Crippen LogP contribution in [0, 0.1) is 5.92 Å². The fraction of sp³-hybridized carbons (Fsp3) is 0.818. The second kappa shape index (κ2) is 6.55. The molecule has 7 nitrogen and oxygen atoms in total. The van der Waals surface area contributed by atoms with E-state index in [1.807, 2.05) is 14.0 Å². The molecular weight excluding hydrogens is 238 g/mol. The largest absolute Gasteiger partial charge is 0.480 e. The molecule has 1 aliphatic heterocycles. The Hall–Kier alpha value is -1.34. The number of carbonyl (C=O) groups is 2. The summed E-state index contributed by atoms with van der Waals surface area (Å²) in [5.74, 6) is -0.934. The van der Waals surface area contributed by atoms with Gasteiger partial charge in [0.25, 0.3) is 0 Å². The summed E-state index contributed by atoms with van der Waals surface area (Å²) in [5.41, 5.74) is 0. The van der Waals surface area contributed by atoms with Crippen LogP contribution in [0.2, 0.25) is 0 Å². The number of piperidine rings is 1. The Morgan fingerprint density at radius 3 is 2.67 bits per heavy atom. The number of nitrogens with one attached hydrogen (secondary N) is 2. The minimum Gasteiger partial charge on any atom is -0.480 e. The predicted molar refractivity (Wildman–Crippen MR) is 65.2 cm³/mol. The number of hydrogen-bond donors (Lipinski definition) is 4. The Morgan fingerprint density at radius 2 is 2.17 bits per heavy atom. The molecule has 0 aromatic heterocycles. The molecule has 3 atom stereocenters. The van der Waals surface area contributed by atoms with Crippen molar-refractivity contribution in [3.8, 4) is 0 Å². The number of hydrogen-bond acceptors (Lipinski definition) is 4. The molecule has 1 heterocycles. The van der Waals surface area contributed by atoms with Crippen LogP contribution in [0.3, 0.4) is 0 Å². The number of aliphatic hydroxyl groups excluding tert-OH is 1. The second-order valence-corrected chi connectivity index (χ2v) is 4.83. The lowest BCUT2D eigenvalue weighted by molar-refractivity contribution is -0.140. The first-order valence-corrected chi connectivity index (χ1v) is 6.03. The van der Waals surface area contributed by atoms with Crippen LogP contribution in [-0.4, -0.2) is 65.9 Å². The van der Waals surface area contributed by atoms with Crippen LogP contribution in [-0.2, 0) is 4.79 Å². The SMILES string of the molecule is CC1CN(C)CCC1NC(=O)NC(CO)C(=O)O. The maximum Gasteiger partial charge on any atom is 0.328 e. The van der Waals surface area contributed by atoms with Crippen molar-refractivity contribution in [3.05, 3.63) is 0 Å². The minimum atomic E-state index is -1.26. The van der Waals surface area contributed by atoms with Crippen LogP contribution in [0.4, 0.5) is 4.79 Å². The molecule has 1 saturated heterocycles. The summed E-state index contributed by atoms with van der Waals surface area (Å²) >= 11 is 0. The number of urea groups is 1. The van der Waals surface area contributed by atoms with E-state index in [9.17, 15) is 9.59 Å². The molecule has 0 aliphatic carbocycles. The Morgan fingerprint density at radius 1 is 1.50 bits per heavy atom. The number of rotatable bonds is 4. The number of aliphatic carboxylic acids is 1. The van der Waals surface area contributed by atoms with Gasteiger partial charge in [-0.25, -0.2) is 9.59 Å². The van der Waals surface area contributed by atoms with Crippen molar-refractivity contribution in [3.63, 3.8) is 0 Å². The molecule has 2 amide bonds. The number of carboxylic acid groups (broad SMARTS) is 1. The molecule has 1 aliphatic rings. The van der Waals surface area contributed by atoms with Crippen molar-refractivity contribution in [2.45, 2.75) is 25.4 Å². The Labute approximate surface area is 106 Å². The third kappa shape index (κ3) is 4.15. The van der Waals surface area contributed by atoms with Crippen LogP contribution in [0.25, 0.3) is 0 Å². The first kappa shape index (κ1) is 14.7. The smallest absolute Gasteiger partial charge is 0.328 e. The summed E-state index contributed by atoms with van der Waals surface area (Å²) in [5, 5.41) is 22.5. The monoisotopic (exact) mass is 259 g/mol. The van der Waals surface area contributed by atoms with Crippen molar-refractivity contribution in [2.24, 2.45) is 5.92 Å². The highest BCUT2D eigenvalue weighted by Crippen LogP contribution is 2.15. The zero-order chi connectivity index (χ0) is 13.7. The van der Waals surface area contributed by atoms with Crippen LogP contribution >= 0.6 is 0 Å². The van der Waals surface area contributed by atoms with E-state index in [4.69, 9.17) is 10.2 Å². The van der Waals surface area contributed by atoms with Crippen LogP contribution < -0.4 is 10.6 Å². The fourth-order valence-corrected chi connectivity index (χ4v) is 2.12. The Balaban J connectivity index is 2.42. The first-order valence-electron chi connectivity index (χ1n) is 6.03. The van der Waals surface area contributed by atoms with Gasteiger partial charge in [0.15, 0.2) is 6.04 Å². The van der Waals surface area contributed by atoms with Crippen molar-refractivity contribution >= 4 is 12.0 Å². The van der Waals surface area contributed by atoms with Crippen molar-refractivity contribution in [1.82, 2.24) is 15.5 Å². The molecule has 0 saturated carbocycles. The molecule has 104 valence electrons. The lowest BCUT2D eigenvalue weighted by atomic mass is 9.94. The number of amides is 2. The molecule has 0 aromatic rings. The summed E-state index contributed by atoms with van der Waals surface area (Å²) in [6.07, 6.45) is 0.835. The van der Waals surface area contributed by atoms with Gasteiger partial charge in [-0.3, -0.25) is 0 Å². The standard InChI is InChI=1S/C11H21N3O4/c1-7-5-14(2)4-3-8(7)12-11(18)13-9(6-15)10(16)17/h7-9,15H,3-6H2,1-2H3,(H,16,17)(H2,12,13,18). The number of likely N-dealkylation sites (tertiary alicyclic amines) is 1. The van der Waals surface area contributed by atoms with Gasteiger partial charge in [0.2, 0.25) is 0 Å². The topological polar surface area (TPSA) is 102 Å². The quantitative estimate of drug-likeness (QED) is 0.522. The Kier molecular flexibility index (Phi) is 5.36. The van der Waals surface area contributed by atoms with Gasteiger partial charge in [-0.1, -0.05) is 6.92 Å². The third-order valence-corrected chi connectivity index (χ3v) is 3.21. The number of nitrogens with zero attached hydrogens (tertiary/aromatic N) is 1. The highest BCUT2D eigenvalue weighted by molar-refractivity contribution is 5.82. The summed E-state index contributed by atoms with van der Waals surface area (Å²) in [4.78, 5) is 24.4. The maximum absolute atomic E-state index is 11.6. The lowest BCUT2D eigenvalue weighted by Gasteiger charge is -2.35. The van der Waals surface area contributed by atoms with Gasteiger partial charge < -0.3 is 25.7 Å². The van der Waals surface area contributed by atoms with Crippen molar-refractivity contribution in [1.29, 1.82) is 0 Å². The number of carboxylic acids is 1. The predicted octanol–water partition coefficient (Wildman–Crippen LogP) is -0.929. The molecular formula is C11H21N3O4. The maximum atomic E-state index is 11.6. The van der Waals surface area contributed by atoms with Crippen molar-refractivity contribution in [2.75, 3.05) is 26.7 Å². The zero-order valence-electron chi connectivity index (χ0n) is 10.7. The van der Waals surface area contributed by atoms with E-state index in [1.165, 1.54) is 0 Å². The normalized spacial score (nSPS) is 26.4. The molecule has 0 spiro atoms. The molecule has 0 radical (unpaired) electrons. The van der Waals surface area contributed by atoms with Crippen LogP contribution in [0.1, 0.15) is 13.3 Å². The molecule has 1 fully saturated rings. The molecule has 3 unspecified atom stereocenters. The highest BCUT2D eigenvalue weighted by Gasteiger charge is 2.27. The molecule has 7 heteroatoms. The fourth-order valence-electron chi connectivity index (χ4n) is 2.12. The van der Waals surface area contributed by atoms with Crippen molar-refractivity contribution < 1.29 is 19.8 Å². The van der Waals surface area contributed by atoms with Gasteiger partial charge in [-0.05, 0) is 25.9 Å². The molecule has 18 heavy (non-hydrogen) atoms. The molecule has 4 N–H and O–H groups in total. The molecule has 0 bridgehead atoms. The van der Waals surface area contributed by atoms with E-state index in [-0.39, 0.29) is 6.04 Å². The van der Waals surface area contributed by atoms with Gasteiger partial charge in [0.05, 0.1) is 6.61 Å². The molecule has 1 rings (SSSR count). The summed E-state index contributed by atoms with van der Waals surface area (Å²) in [6.45, 7) is 3.22. The summed E-state index contributed by atoms with van der Waals surface area (Å²) < 4.78 is 0. The van der Waals surface area contributed by atoms with E-state index < -0.39 is 24.6 Å². The van der Waals surface area contributed by atoms with Gasteiger partial charge in [-0.2, -0.15) is 0 Å². The van der Waals surface area contributed by atoms with Crippen LogP contribution in [0.15, 0.2) is 0 Å². The number of carbonyl (C=O) groups excluding carboxylic acids is 1. The van der Waals surface area contributed by atoms with E-state index in [0.717, 1.165) is 19.5 Å². The average Bonchev–Trinajstić information content (AvgIpc) is 2.29. The lowest BCUT2D eigenvalue weighted by Crippen LogP contribution is -2.54. The minimum absolute atomic E-state index is 0.0364. The van der Waals surface area contributed by atoms with E-state index in [2.05, 4.69) is 15.5 Å². The number of aliphatic hydroxyl groups is 1. The van der Waals surface area contributed by atoms with Gasteiger partial charge in [0.1, 0.15) is 0 Å². The summed E-state index contributed by atoms with van der Waals surface area (Å²) in [6, 6.07) is -1.77. The van der Waals surface area contributed by atoms with Gasteiger partial charge in [0, 0.05) is 12.6 Å².